The highest BCUT2D eigenvalue weighted by atomic mass is 32.2. The Morgan fingerprint density at radius 3 is 2.35 bits per heavy atom. The van der Waals surface area contributed by atoms with Crippen LogP contribution in [0, 0.1) is 0 Å². The standard InChI is InChI=1S/C15H18N2O2S/c1-2-20(18,19)15-8-6-13(7-9-15)17-14-5-3-4-12(10-14)11-16/h3-10,17H,2,11,16H2,1H3. The van der Waals surface area contributed by atoms with Gasteiger partial charge in [-0.2, -0.15) is 0 Å². The van der Waals surface area contributed by atoms with Gasteiger partial charge in [0.05, 0.1) is 10.6 Å². The Morgan fingerprint density at radius 2 is 1.75 bits per heavy atom. The van der Waals surface area contributed by atoms with E-state index >= 15 is 0 Å². The number of sulfone groups is 1. The average molecular weight is 290 g/mol. The van der Waals surface area contributed by atoms with E-state index in [9.17, 15) is 8.42 Å². The smallest absolute Gasteiger partial charge is 0.178 e. The van der Waals surface area contributed by atoms with Crippen LogP contribution >= 0.6 is 0 Å². The Labute approximate surface area is 119 Å². The lowest BCUT2D eigenvalue weighted by Crippen LogP contribution is -2.03. The molecule has 0 saturated heterocycles. The molecule has 0 spiro atoms. The minimum Gasteiger partial charge on any atom is -0.356 e. The van der Waals surface area contributed by atoms with Crippen LogP contribution in [0.4, 0.5) is 11.4 Å². The summed E-state index contributed by atoms with van der Waals surface area (Å²) in [6, 6.07) is 14.6. The highest BCUT2D eigenvalue weighted by molar-refractivity contribution is 7.91. The molecule has 0 saturated carbocycles. The van der Waals surface area contributed by atoms with Crippen LogP contribution in [0.2, 0.25) is 0 Å². The number of anilines is 2. The summed E-state index contributed by atoms with van der Waals surface area (Å²) >= 11 is 0. The first-order valence-corrected chi connectivity index (χ1v) is 8.09. The molecule has 0 heterocycles. The number of hydrogen-bond acceptors (Lipinski definition) is 4. The molecule has 3 N–H and O–H groups in total. The highest BCUT2D eigenvalue weighted by Crippen LogP contribution is 2.20. The van der Waals surface area contributed by atoms with Crippen molar-refractivity contribution in [1.29, 1.82) is 0 Å². The fraction of sp³-hybridized carbons (Fsp3) is 0.200. The molecule has 0 amide bonds. The summed E-state index contributed by atoms with van der Waals surface area (Å²) in [6.07, 6.45) is 0. The summed E-state index contributed by atoms with van der Waals surface area (Å²) in [5.41, 5.74) is 8.41. The molecular weight excluding hydrogens is 272 g/mol. The van der Waals surface area contributed by atoms with E-state index < -0.39 is 9.84 Å². The maximum Gasteiger partial charge on any atom is 0.178 e. The molecule has 0 aromatic heterocycles. The summed E-state index contributed by atoms with van der Waals surface area (Å²) in [6.45, 7) is 2.13. The van der Waals surface area contributed by atoms with E-state index in [1.807, 2.05) is 24.3 Å². The molecule has 0 fully saturated rings. The van der Waals surface area contributed by atoms with Crippen LogP contribution in [0.25, 0.3) is 0 Å². The molecule has 0 aliphatic carbocycles. The van der Waals surface area contributed by atoms with Gasteiger partial charge in [-0.15, -0.1) is 0 Å². The van der Waals surface area contributed by atoms with Crippen molar-refractivity contribution in [2.24, 2.45) is 5.73 Å². The molecule has 0 aliphatic heterocycles. The summed E-state index contributed by atoms with van der Waals surface area (Å²) in [4.78, 5) is 0.348. The van der Waals surface area contributed by atoms with Gasteiger partial charge >= 0.3 is 0 Å². The first kappa shape index (κ1) is 14.6. The Bertz CT molecular complexity index is 679. The summed E-state index contributed by atoms with van der Waals surface area (Å²) < 4.78 is 23.4. The van der Waals surface area contributed by atoms with Crippen LogP contribution in [-0.2, 0) is 16.4 Å². The molecule has 5 heteroatoms. The maximum absolute atomic E-state index is 11.7. The van der Waals surface area contributed by atoms with Crippen molar-refractivity contribution < 1.29 is 8.42 Å². The van der Waals surface area contributed by atoms with E-state index in [2.05, 4.69) is 5.32 Å². The zero-order valence-electron chi connectivity index (χ0n) is 11.3. The fourth-order valence-electron chi connectivity index (χ4n) is 1.85. The summed E-state index contributed by atoms with van der Waals surface area (Å²) in [5, 5.41) is 3.22. The second-order valence-electron chi connectivity index (χ2n) is 4.46. The minimum absolute atomic E-state index is 0.109. The van der Waals surface area contributed by atoms with Gasteiger partial charge in [-0.1, -0.05) is 19.1 Å². The normalized spacial score (nSPS) is 11.3. The van der Waals surface area contributed by atoms with Crippen LogP contribution in [0.5, 0.6) is 0 Å². The molecule has 0 radical (unpaired) electrons. The lowest BCUT2D eigenvalue weighted by molar-refractivity contribution is 0.597. The van der Waals surface area contributed by atoms with Gasteiger partial charge in [0.25, 0.3) is 0 Å². The molecule has 2 aromatic rings. The third kappa shape index (κ3) is 3.37. The Hall–Kier alpha value is -1.85. The molecule has 4 nitrogen and oxygen atoms in total. The number of rotatable bonds is 5. The van der Waals surface area contributed by atoms with Gasteiger partial charge in [0.1, 0.15) is 0 Å². The SMILES string of the molecule is CCS(=O)(=O)c1ccc(Nc2cccc(CN)c2)cc1. The molecular formula is C15H18N2O2S. The molecule has 0 aliphatic rings. The topological polar surface area (TPSA) is 72.2 Å². The van der Waals surface area contributed by atoms with Crippen molar-refractivity contribution in [3.63, 3.8) is 0 Å². The van der Waals surface area contributed by atoms with Crippen LogP contribution < -0.4 is 11.1 Å². The van der Waals surface area contributed by atoms with Crippen molar-refractivity contribution in [2.75, 3.05) is 11.1 Å². The van der Waals surface area contributed by atoms with Crippen molar-refractivity contribution >= 4 is 21.2 Å². The van der Waals surface area contributed by atoms with Gasteiger partial charge in [-0.3, -0.25) is 0 Å². The summed E-state index contributed by atoms with van der Waals surface area (Å²) in [5.74, 6) is 0.109. The Morgan fingerprint density at radius 1 is 1.05 bits per heavy atom. The second-order valence-corrected chi connectivity index (χ2v) is 6.74. The van der Waals surface area contributed by atoms with Crippen molar-refractivity contribution in [1.82, 2.24) is 0 Å². The molecule has 0 unspecified atom stereocenters. The van der Waals surface area contributed by atoms with E-state index in [0.717, 1.165) is 16.9 Å². The molecule has 20 heavy (non-hydrogen) atoms. The number of benzene rings is 2. The van der Waals surface area contributed by atoms with Crippen molar-refractivity contribution in [2.45, 2.75) is 18.4 Å². The number of hydrogen-bond donors (Lipinski definition) is 2. The van der Waals surface area contributed by atoms with E-state index in [0.29, 0.717) is 11.4 Å². The molecule has 2 aromatic carbocycles. The fourth-order valence-corrected chi connectivity index (χ4v) is 2.74. The zero-order chi connectivity index (χ0) is 14.6. The van der Waals surface area contributed by atoms with E-state index in [1.165, 1.54) is 0 Å². The van der Waals surface area contributed by atoms with Gasteiger partial charge in [-0.05, 0) is 42.0 Å². The Balaban J connectivity index is 2.18. The first-order chi connectivity index (χ1) is 9.55. The molecule has 2 rings (SSSR count). The van der Waals surface area contributed by atoms with Crippen LogP contribution in [0.15, 0.2) is 53.4 Å². The molecule has 0 atom stereocenters. The lowest BCUT2D eigenvalue weighted by Gasteiger charge is -2.09. The monoisotopic (exact) mass is 290 g/mol. The third-order valence-electron chi connectivity index (χ3n) is 3.04. The van der Waals surface area contributed by atoms with Gasteiger partial charge in [-0.25, -0.2) is 8.42 Å². The number of nitrogens with two attached hydrogens (primary N) is 1. The highest BCUT2D eigenvalue weighted by Gasteiger charge is 2.10. The van der Waals surface area contributed by atoms with Gasteiger partial charge < -0.3 is 11.1 Å². The third-order valence-corrected chi connectivity index (χ3v) is 4.80. The van der Waals surface area contributed by atoms with E-state index in [-0.39, 0.29) is 5.75 Å². The second kappa shape index (κ2) is 6.07. The number of nitrogens with one attached hydrogen (secondary N) is 1. The predicted molar refractivity (Wildman–Crippen MR) is 81.8 cm³/mol. The first-order valence-electron chi connectivity index (χ1n) is 6.44. The quantitative estimate of drug-likeness (QED) is 0.888. The van der Waals surface area contributed by atoms with Crippen LogP contribution in [-0.4, -0.2) is 14.2 Å². The van der Waals surface area contributed by atoms with Gasteiger partial charge in [0.15, 0.2) is 9.84 Å². The molecule has 0 bridgehead atoms. The lowest BCUT2D eigenvalue weighted by atomic mass is 10.2. The Kier molecular flexibility index (Phi) is 4.42. The maximum atomic E-state index is 11.7. The van der Waals surface area contributed by atoms with Gasteiger partial charge in [0, 0.05) is 17.9 Å². The minimum atomic E-state index is -3.14. The molecule has 106 valence electrons. The zero-order valence-corrected chi connectivity index (χ0v) is 12.2. The van der Waals surface area contributed by atoms with Crippen molar-refractivity contribution in [3.8, 4) is 0 Å². The average Bonchev–Trinajstić information content (AvgIpc) is 2.48. The van der Waals surface area contributed by atoms with Gasteiger partial charge in [0.2, 0.25) is 0 Å². The largest absolute Gasteiger partial charge is 0.356 e. The summed E-state index contributed by atoms with van der Waals surface area (Å²) in [7, 11) is -3.14. The van der Waals surface area contributed by atoms with Crippen LogP contribution in [0.3, 0.4) is 0 Å². The van der Waals surface area contributed by atoms with Crippen molar-refractivity contribution in [3.05, 3.63) is 54.1 Å². The van der Waals surface area contributed by atoms with E-state index in [1.54, 1.807) is 31.2 Å². The van der Waals surface area contributed by atoms with Crippen LogP contribution in [0.1, 0.15) is 12.5 Å². The van der Waals surface area contributed by atoms with E-state index in [4.69, 9.17) is 5.73 Å². The predicted octanol–water partition coefficient (Wildman–Crippen LogP) is 2.68.